The van der Waals surface area contributed by atoms with Crippen molar-refractivity contribution in [2.45, 2.75) is 26.9 Å². The summed E-state index contributed by atoms with van der Waals surface area (Å²) in [6, 6.07) is 10.7. The van der Waals surface area contributed by atoms with Crippen LogP contribution in [-0.2, 0) is 13.1 Å². The number of carbonyl (C=O) groups is 1. The highest BCUT2D eigenvalue weighted by Crippen LogP contribution is 2.09. The molecule has 0 aliphatic heterocycles. The van der Waals surface area contributed by atoms with E-state index in [1.165, 1.54) is 4.57 Å². The maximum atomic E-state index is 12.7. The van der Waals surface area contributed by atoms with Gasteiger partial charge in [0, 0.05) is 0 Å². The van der Waals surface area contributed by atoms with Crippen LogP contribution in [0.2, 0.25) is 0 Å². The molecule has 0 atom stereocenters. The monoisotopic (exact) mass is 379 g/mol. The quantitative estimate of drug-likeness (QED) is 0.563. The molecule has 0 saturated carbocycles. The van der Waals surface area contributed by atoms with Gasteiger partial charge >= 0.3 is 11.8 Å². The zero-order valence-corrected chi connectivity index (χ0v) is 15.3. The fraction of sp³-hybridized carbons (Fsp3) is 0.211. The first-order valence-electron chi connectivity index (χ1n) is 8.63. The molecule has 0 radical (unpaired) electrons. The standard InChI is InChI=1S/C19H17N5O4/c1-11-7-8-13(27-11)9-20-17(25)18-22-16(23-28-18)10-24-12(2)21-15-6-4-3-5-14(15)19(24)26/h3-8H,9-10H2,1-2H3,(H,20,25). The van der Waals surface area contributed by atoms with Gasteiger partial charge in [-0.25, -0.2) is 4.98 Å². The molecule has 142 valence electrons. The largest absolute Gasteiger partial charge is 0.465 e. The molecular formula is C19H17N5O4. The number of benzene rings is 1. The zero-order chi connectivity index (χ0) is 19.7. The Bertz CT molecular complexity index is 1220. The Morgan fingerprint density at radius 1 is 1.14 bits per heavy atom. The van der Waals surface area contributed by atoms with Crippen LogP contribution in [0.4, 0.5) is 0 Å². The molecule has 9 heteroatoms. The van der Waals surface area contributed by atoms with E-state index in [0.717, 1.165) is 5.76 Å². The second kappa shape index (κ2) is 7.10. The Hall–Kier alpha value is -3.75. The number of nitrogens with one attached hydrogen (secondary N) is 1. The highest BCUT2D eigenvalue weighted by Gasteiger charge is 2.17. The minimum absolute atomic E-state index is 0.0522. The van der Waals surface area contributed by atoms with E-state index in [1.54, 1.807) is 31.2 Å². The summed E-state index contributed by atoms with van der Waals surface area (Å²) in [6.45, 7) is 3.81. The molecule has 4 rings (SSSR count). The zero-order valence-electron chi connectivity index (χ0n) is 15.3. The number of para-hydroxylation sites is 1. The SMILES string of the molecule is Cc1ccc(CNC(=O)c2nc(Cn3c(C)nc4ccccc4c3=O)no2)o1. The molecule has 9 nitrogen and oxygen atoms in total. The Kier molecular flexibility index (Phi) is 4.48. The lowest BCUT2D eigenvalue weighted by Gasteiger charge is -2.08. The van der Waals surface area contributed by atoms with Crippen LogP contribution in [0.25, 0.3) is 10.9 Å². The van der Waals surface area contributed by atoms with E-state index in [9.17, 15) is 9.59 Å². The summed E-state index contributed by atoms with van der Waals surface area (Å²) in [5.41, 5.74) is 0.426. The lowest BCUT2D eigenvalue weighted by molar-refractivity contribution is 0.0904. The van der Waals surface area contributed by atoms with Crippen molar-refractivity contribution < 1.29 is 13.7 Å². The molecule has 0 aliphatic rings. The van der Waals surface area contributed by atoms with Gasteiger partial charge in [0.1, 0.15) is 17.3 Å². The Morgan fingerprint density at radius 3 is 2.75 bits per heavy atom. The summed E-state index contributed by atoms with van der Waals surface area (Å²) in [6.07, 6.45) is 0. The average molecular weight is 379 g/mol. The minimum atomic E-state index is -0.520. The van der Waals surface area contributed by atoms with E-state index in [1.807, 2.05) is 19.1 Å². The summed E-state index contributed by atoms with van der Waals surface area (Å²) in [5, 5.41) is 6.94. The van der Waals surface area contributed by atoms with Crippen molar-refractivity contribution in [3.05, 3.63) is 75.8 Å². The summed E-state index contributed by atoms with van der Waals surface area (Å²) in [7, 11) is 0. The van der Waals surface area contributed by atoms with Crippen molar-refractivity contribution in [3.8, 4) is 0 Å². The van der Waals surface area contributed by atoms with Gasteiger partial charge < -0.3 is 14.3 Å². The van der Waals surface area contributed by atoms with Gasteiger partial charge in [-0.15, -0.1) is 0 Å². The lowest BCUT2D eigenvalue weighted by Crippen LogP contribution is -2.25. The van der Waals surface area contributed by atoms with Crippen LogP contribution in [0.15, 0.2) is 50.1 Å². The molecule has 3 heterocycles. The number of fused-ring (bicyclic) bond motifs is 1. The smallest absolute Gasteiger partial charge is 0.316 e. The molecule has 0 spiro atoms. The van der Waals surface area contributed by atoms with Gasteiger partial charge in [-0.3, -0.25) is 14.2 Å². The predicted octanol–water partition coefficient (Wildman–Crippen LogP) is 1.97. The summed E-state index contributed by atoms with van der Waals surface area (Å²) < 4.78 is 11.9. The molecule has 0 aliphatic carbocycles. The van der Waals surface area contributed by atoms with Crippen molar-refractivity contribution in [2.24, 2.45) is 0 Å². The number of rotatable bonds is 5. The third kappa shape index (κ3) is 3.41. The van der Waals surface area contributed by atoms with Crippen molar-refractivity contribution >= 4 is 16.8 Å². The predicted molar refractivity (Wildman–Crippen MR) is 98.8 cm³/mol. The van der Waals surface area contributed by atoms with Crippen molar-refractivity contribution in [3.63, 3.8) is 0 Å². The fourth-order valence-electron chi connectivity index (χ4n) is 2.84. The van der Waals surface area contributed by atoms with Crippen molar-refractivity contribution in [1.82, 2.24) is 25.0 Å². The second-order valence-corrected chi connectivity index (χ2v) is 6.28. The molecule has 3 aromatic heterocycles. The van der Waals surface area contributed by atoms with Crippen LogP contribution in [0.1, 0.15) is 33.9 Å². The maximum absolute atomic E-state index is 12.7. The Labute approximate surface area is 159 Å². The molecule has 1 N–H and O–H groups in total. The second-order valence-electron chi connectivity index (χ2n) is 6.28. The van der Waals surface area contributed by atoms with E-state index in [-0.39, 0.29) is 30.4 Å². The van der Waals surface area contributed by atoms with E-state index < -0.39 is 5.91 Å². The van der Waals surface area contributed by atoms with Gasteiger partial charge in [0.2, 0.25) is 0 Å². The van der Waals surface area contributed by atoms with Crippen LogP contribution in [0.3, 0.4) is 0 Å². The minimum Gasteiger partial charge on any atom is -0.465 e. The number of aromatic nitrogens is 4. The molecule has 0 fully saturated rings. The van der Waals surface area contributed by atoms with E-state index in [4.69, 9.17) is 8.94 Å². The van der Waals surface area contributed by atoms with Crippen molar-refractivity contribution in [2.75, 3.05) is 0 Å². The Balaban J connectivity index is 1.51. The Morgan fingerprint density at radius 2 is 1.96 bits per heavy atom. The van der Waals surface area contributed by atoms with Gasteiger partial charge in [-0.2, -0.15) is 4.98 Å². The van der Waals surface area contributed by atoms with Crippen LogP contribution >= 0.6 is 0 Å². The molecule has 0 saturated heterocycles. The molecule has 0 unspecified atom stereocenters. The third-order valence-corrected chi connectivity index (χ3v) is 4.23. The molecule has 4 aromatic rings. The van der Waals surface area contributed by atoms with Gasteiger partial charge in [-0.05, 0) is 38.1 Å². The van der Waals surface area contributed by atoms with Crippen LogP contribution < -0.4 is 10.9 Å². The number of aryl methyl sites for hydroxylation is 2. The van der Waals surface area contributed by atoms with Crippen LogP contribution in [-0.4, -0.2) is 25.6 Å². The summed E-state index contributed by atoms with van der Waals surface area (Å²) in [5.74, 6) is 1.41. The van der Waals surface area contributed by atoms with Crippen LogP contribution in [0.5, 0.6) is 0 Å². The first kappa shape index (κ1) is 17.7. The normalized spacial score (nSPS) is 11.1. The number of furan rings is 1. The van der Waals surface area contributed by atoms with Gasteiger partial charge in [-0.1, -0.05) is 17.3 Å². The molecular weight excluding hydrogens is 362 g/mol. The highest BCUT2D eigenvalue weighted by atomic mass is 16.5. The van der Waals surface area contributed by atoms with Gasteiger partial charge in [0.25, 0.3) is 5.56 Å². The fourth-order valence-corrected chi connectivity index (χ4v) is 2.84. The topological polar surface area (TPSA) is 116 Å². The van der Waals surface area contributed by atoms with E-state index in [2.05, 4.69) is 20.4 Å². The van der Waals surface area contributed by atoms with Gasteiger partial charge in [0.05, 0.1) is 24.0 Å². The van der Waals surface area contributed by atoms with E-state index in [0.29, 0.717) is 22.5 Å². The van der Waals surface area contributed by atoms with Gasteiger partial charge in [0.15, 0.2) is 5.82 Å². The molecule has 1 amide bonds. The molecule has 1 aromatic carbocycles. The number of hydrogen-bond acceptors (Lipinski definition) is 7. The number of carbonyl (C=O) groups excluding carboxylic acids is 1. The van der Waals surface area contributed by atoms with Crippen LogP contribution in [0, 0.1) is 13.8 Å². The number of hydrogen-bond donors (Lipinski definition) is 1. The number of nitrogens with zero attached hydrogens (tertiary/aromatic N) is 4. The highest BCUT2D eigenvalue weighted by molar-refractivity contribution is 5.89. The molecule has 28 heavy (non-hydrogen) atoms. The first-order valence-corrected chi connectivity index (χ1v) is 8.63. The third-order valence-electron chi connectivity index (χ3n) is 4.23. The lowest BCUT2D eigenvalue weighted by atomic mass is 10.2. The van der Waals surface area contributed by atoms with E-state index >= 15 is 0 Å². The van der Waals surface area contributed by atoms with Crippen molar-refractivity contribution in [1.29, 1.82) is 0 Å². The average Bonchev–Trinajstić information content (AvgIpc) is 3.32. The number of amides is 1. The maximum Gasteiger partial charge on any atom is 0.316 e. The molecule has 0 bridgehead atoms. The first-order chi connectivity index (χ1) is 13.5. The summed E-state index contributed by atoms with van der Waals surface area (Å²) >= 11 is 0. The summed E-state index contributed by atoms with van der Waals surface area (Å²) in [4.78, 5) is 33.4.